The summed E-state index contributed by atoms with van der Waals surface area (Å²) in [7, 11) is 0. The Bertz CT molecular complexity index is 625. The first-order valence-corrected chi connectivity index (χ1v) is 7.05. The molecule has 0 fully saturated rings. The second-order valence-corrected chi connectivity index (χ2v) is 5.78. The van der Waals surface area contributed by atoms with Crippen molar-refractivity contribution in [3.8, 4) is 11.5 Å². The Kier molecular flexibility index (Phi) is 4.54. The van der Waals surface area contributed by atoms with E-state index in [4.69, 9.17) is 9.52 Å². The molecule has 6 heteroatoms. The van der Waals surface area contributed by atoms with Gasteiger partial charge >= 0.3 is 5.97 Å². The van der Waals surface area contributed by atoms with Crippen LogP contribution in [-0.2, 0) is 11.2 Å². The fraction of sp³-hybridized carbons (Fsp3) is 0.357. The highest BCUT2D eigenvalue weighted by Gasteiger charge is 2.15. The van der Waals surface area contributed by atoms with Crippen LogP contribution < -0.4 is 0 Å². The van der Waals surface area contributed by atoms with Crippen molar-refractivity contribution in [2.24, 2.45) is 5.92 Å². The van der Waals surface area contributed by atoms with Crippen molar-refractivity contribution in [1.29, 1.82) is 0 Å². The standard InChI is InChI=1S/C14H15BrN2O3/c1-8(6-13(18)19)5-12-16-17-14(20-12)11-4-3-10(15)7-9(11)2/h3-4,7-8H,5-6H2,1-2H3,(H,18,19). The molecule has 0 aliphatic carbocycles. The lowest BCUT2D eigenvalue weighted by atomic mass is 10.0. The second kappa shape index (κ2) is 6.17. The molecule has 2 rings (SSSR count). The summed E-state index contributed by atoms with van der Waals surface area (Å²) in [6, 6.07) is 5.81. The van der Waals surface area contributed by atoms with Gasteiger partial charge in [0.2, 0.25) is 11.8 Å². The number of halogens is 1. The average molecular weight is 339 g/mol. The van der Waals surface area contributed by atoms with Gasteiger partial charge in [0.05, 0.1) is 0 Å². The molecule has 1 heterocycles. The maximum Gasteiger partial charge on any atom is 0.303 e. The molecule has 1 N–H and O–H groups in total. The van der Waals surface area contributed by atoms with E-state index < -0.39 is 5.97 Å². The molecule has 0 saturated carbocycles. The SMILES string of the molecule is Cc1cc(Br)ccc1-c1nnc(CC(C)CC(=O)O)o1. The zero-order valence-corrected chi connectivity index (χ0v) is 12.8. The van der Waals surface area contributed by atoms with Crippen molar-refractivity contribution in [2.75, 3.05) is 0 Å². The first-order chi connectivity index (χ1) is 9.45. The molecule has 0 saturated heterocycles. The van der Waals surface area contributed by atoms with Crippen LogP contribution in [0.3, 0.4) is 0 Å². The zero-order valence-electron chi connectivity index (χ0n) is 11.3. The molecule has 1 aromatic carbocycles. The van der Waals surface area contributed by atoms with Gasteiger partial charge in [-0.1, -0.05) is 22.9 Å². The molecule has 0 aliphatic rings. The van der Waals surface area contributed by atoms with Crippen molar-refractivity contribution in [3.05, 3.63) is 34.1 Å². The summed E-state index contributed by atoms with van der Waals surface area (Å²) in [5, 5.41) is 16.7. The van der Waals surface area contributed by atoms with Crippen LogP contribution >= 0.6 is 15.9 Å². The van der Waals surface area contributed by atoms with E-state index in [9.17, 15) is 4.79 Å². The number of rotatable bonds is 5. The van der Waals surface area contributed by atoms with Gasteiger partial charge in [-0.3, -0.25) is 4.79 Å². The van der Waals surface area contributed by atoms with E-state index in [0.29, 0.717) is 18.2 Å². The normalized spacial score (nSPS) is 12.3. The lowest BCUT2D eigenvalue weighted by molar-refractivity contribution is -0.137. The van der Waals surface area contributed by atoms with E-state index in [1.807, 2.05) is 32.0 Å². The third kappa shape index (κ3) is 3.66. The fourth-order valence-corrected chi connectivity index (χ4v) is 2.46. The van der Waals surface area contributed by atoms with Gasteiger partial charge in [0.15, 0.2) is 0 Å². The molecule has 0 radical (unpaired) electrons. The summed E-state index contributed by atoms with van der Waals surface area (Å²) in [4.78, 5) is 10.6. The number of nitrogens with zero attached hydrogens (tertiary/aromatic N) is 2. The van der Waals surface area contributed by atoms with Crippen molar-refractivity contribution in [1.82, 2.24) is 10.2 Å². The van der Waals surface area contributed by atoms with Crippen LogP contribution in [0.25, 0.3) is 11.5 Å². The van der Waals surface area contributed by atoms with Gasteiger partial charge in [-0.2, -0.15) is 0 Å². The fourth-order valence-electron chi connectivity index (χ4n) is 1.98. The molecule has 1 unspecified atom stereocenters. The monoisotopic (exact) mass is 338 g/mol. The molecule has 0 spiro atoms. The number of aromatic nitrogens is 2. The molecule has 0 bridgehead atoms. The summed E-state index contributed by atoms with van der Waals surface area (Å²) in [5.41, 5.74) is 1.92. The van der Waals surface area contributed by atoms with Gasteiger partial charge in [-0.25, -0.2) is 0 Å². The van der Waals surface area contributed by atoms with Gasteiger partial charge in [0.25, 0.3) is 0 Å². The maximum atomic E-state index is 10.6. The van der Waals surface area contributed by atoms with Crippen LogP contribution in [0, 0.1) is 12.8 Å². The van der Waals surface area contributed by atoms with Crippen LogP contribution in [-0.4, -0.2) is 21.3 Å². The molecule has 5 nitrogen and oxygen atoms in total. The van der Waals surface area contributed by atoms with Crippen molar-refractivity contribution in [3.63, 3.8) is 0 Å². The quantitative estimate of drug-likeness (QED) is 0.903. The van der Waals surface area contributed by atoms with Gasteiger partial charge in [-0.05, 0) is 36.6 Å². The minimum absolute atomic E-state index is 0.0354. The van der Waals surface area contributed by atoms with E-state index in [1.54, 1.807) is 0 Å². The summed E-state index contributed by atoms with van der Waals surface area (Å²) in [6.45, 7) is 3.82. The third-order valence-corrected chi connectivity index (χ3v) is 3.43. The Hall–Kier alpha value is -1.69. The van der Waals surface area contributed by atoms with E-state index >= 15 is 0 Å². The molecule has 0 amide bonds. The first-order valence-electron chi connectivity index (χ1n) is 6.26. The van der Waals surface area contributed by atoms with E-state index in [2.05, 4.69) is 26.1 Å². The Morgan fingerprint density at radius 3 is 2.85 bits per heavy atom. The number of benzene rings is 1. The van der Waals surface area contributed by atoms with Crippen molar-refractivity contribution >= 4 is 21.9 Å². The van der Waals surface area contributed by atoms with E-state index in [1.165, 1.54) is 0 Å². The van der Waals surface area contributed by atoms with Gasteiger partial charge in [-0.15, -0.1) is 10.2 Å². The van der Waals surface area contributed by atoms with Crippen LogP contribution in [0.5, 0.6) is 0 Å². The van der Waals surface area contributed by atoms with Gasteiger partial charge in [0, 0.05) is 22.9 Å². The number of aryl methyl sites for hydroxylation is 1. The highest BCUT2D eigenvalue weighted by Crippen LogP contribution is 2.25. The molecule has 0 aliphatic heterocycles. The average Bonchev–Trinajstić information content (AvgIpc) is 2.75. The summed E-state index contributed by atoms with van der Waals surface area (Å²) < 4.78 is 6.61. The van der Waals surface area contributed by atoms with E-state index in [-0.39, 0.29) is 12.3 Å². The Balaban J connectivity index is 2.14. The first kappa shape index (κ1) is 14.7. The number of carboxylic acids is 1. The lowest BCUT2D eigenvalue weighted by Crippen LogP contribution is -2.07. The maximum absolute atomic E-state index is 10.6. The highest BCUT2D eigenvalue weighted by atomic mass is 79.9. The van der Waals surface area contributed by atoms with Crippen molar-refractivity contribution < 1.29 is 14.3 Å². The Morgan fingerprint density at radius 1 is 1.45 bits per heavy atom. The third-order valence-electron chi connectivity index (χ3n) is 2.93. The van der Waals surface area contributed by atoms with Crippen LogP contribution in [0.4, 0.5) is 0 Å². The number of hydrogen-bond donors (Lipinski definition) is 1. The molecule has 20 heavy (non-hydrogen) atoms. The molecule has 1 aromatic heterocycles. The molecular weight excluding hydrogens is 324 g/mol. The summed E-state index contributed by atoms with van der Waals surface area (Å²) in [5.74, 6) is 0.0800. The largest absolute Gasteiger partial charge is 0.481 e. The summed E-state index contributed by atoms with van der Waals surface area (Å²) in [6.07, 6.45) is 0.559. The van der Waals surface area contributed by atoms with Crippen LogP contribution in [0.2, 0.25) is 0 Å². The second-order valence-electron chi connectivity index (χ2n) is 4.87. The summed E-state index contributed by atoms with van der Waals surface area (Å²) >= 11 is 3.41. The number of carboxylic acid groups (broad SMARTS) is 1. The zero-order chi connectivity index (χ0) is 14.7. The van der Waals surface area contributed by atoms with E-state index in [0.717, 1.165) is 15.6 Å². The highest BCUT2D eigenvalue weighted by molar-refractivity contribution is 9.10. The Morgan fingerprint density at radius 2 is 2.20 bits per heavy atom. The van der Waals surface area contributed by atoms with Crippen LogP contribution in [0.15, 0.2) is 27.1 Å². The minimum Gasteiger partial charge on any atom is -0.481 e. The molecule has 106 valence electrons. The predicted octanol–water partition coefficient (Wildman–Crippen LogP) is 3.46. The molecule has 2 aromatic rings. The number of hydrogen-bond acceptors (Lipinski definition) is 4. The minimum atomic E-state index is -0.819. The predicted molar refractivity (Wildman–Crippen MR) is 77.3 cm³/mol. The van der Waals surface area contributed by atoms with Gasteiger partial charge < -0.3 is 9.52 Å². The number of carbonyl (C=O) groups is 1. The topological polar surface area (TPSA) is 76.2 Å². The Labute approximate surface area is 125 Å². The molecular formula is C14H15BrN2O3. The van der Waals surface area contributed by atoms with Crippen LogP contribution in [0.1, 0.15) is 24.8 Å². The lowest BCUT2D eigenvalue weighted by Gasteiger charge is -2.04. The molecule has 1 atom stereocenters. The number of aliphatic carboxylic acids is 1. The van der Waals surface area contributed by atoms with Gasteiger partial charge in [0.1, 0.15) is 0 Å². The van der Waals surface area contributed by atoms with Crippen molar-refractivity contribution in [2.45, 2.75) is 26.7 Å². The smallest absolute Gasteiger partial charge is 0.303 e.